The average Bonchev–Trinajstić information content (AvgIpc) is 3.60. The Morgan fingerprint density at radius 1 is 0.255 bits per heavy atom. The summed E-state index contributed by atoms with van der Waals surface area (Å²) in [5.41, 5.74) is 13.7. The van der Waals surface area contributed by atoms with Crippen LogP contribution in [0.2, 0.25) is 0 Å². The van der Waals surface area contributed by atoms with Gasteiger partial charge in [-0.15, -0.1) is 0 Å². The first kappa shape index (κ1) is 29.2. The molecule has 0 aliphatic rings. The van der Waals surface area contributed by atoms with Crippen LogP contribution in [0.15, 0.2) is 199 Å². The van der Waals surface area contributed by atoms with E-state index in [1.165, 1.54) is 66.1 Å². The molecule has 1 heterocycles. The lowest BCUT2D eigenvalue weighted by atomic mass is 9.84. The van der Waals surface area contributed by atoms with Gasteiger partial charge in [0, 0.05) is 10.8 Å². The summed E-state index contributed by atoms with van der Waals surface area (Å²) in [6.45, 7) is 0. The molecule has 10 rings (SSSR count). The van der Waals surface area contributed by atoms with E-state index in [4.69, 9.17) is 4.42 Å². The fraction of sp³-hybridized carbons (Fsp3) is 0. The Hall–Kier alpha value is -6.70. The van der Waals surface area contributed by atoms with Gasteiger partial charge in [-0.3, -0.25) is 0 Å². The van der Waals surface area contributed by atoms with Crippen LogP contribution in [0.1, 0.15) is 0 Å². The van der Waals surface area contributed by atoms with Gasteiger partial charge in [-0.25, -0.2) is 0 Å². The first-order chi connectivity index (χ1) is 25.3. The molecule has 0 radical (unpaired) electrons. The molecule has 1 heteroatoms. The number of hydrogen-bond donors (Lipinski definition) is 0. The third-order valence-electron chi connectivity index (χ3n) is 10.2. The van der Waals surface area contributed by atoms with Crippen LogP contribution in [0.3, 0.4) is 0 Å². The SMILES string of the molecule is c1ccc(-c2cc(-c3ccccc3)cc(-c3cccc4oc5cccc(-c6c7ccccc7c(-c7ccccc7)c7ccccc67)c5c34)c2)cc1. The van der Waals surface area contributed by atoms with Crippen LogP contribution in [-0.2, 0) is 0 Å². The minimum atomic E-state index is 0.885. The fourth-order valence-corrected chi connectivity index (χ4v) is 8.03. The summed E-state index contributed by atoms with van der Waals surface area (Å²) in [4.78, 5) is 0. The lowest BCUT2D eigenvalue weighted by Gasteiger charge is -2.18. The summed E-state index contributed by atoms with van der Waals surface area (Å²) >= 11 is 0. The van der Waals surface area contributed by atoms with Gasteiger partial charge in [-0.2, -0.15) is 0 Å². The van der Waals surface area contributed by atoms with Crippen LogP contribution in [0.5, 0.6) is 0 Å². The summed E-state index contributed by atoms with van der Waals surface area (Å²) in [6, 6.07) is 69.8. The van der Waals surface area contributed by atoms with E-state index in [0.717, 1.165) is 33.1 Å². The van der Waals surface area contributed by atoms with Crippen LogP contribution < -0.4 is 0 Å². The van der Waals surface area contributed by atoms with Crippen molar-refractivity contribution >= 4 is 43.5 Å². The van der Waals surface area contributed by atoms with Crippen molar-refractivity contribution in [2.24, 2.45) is 0 Å². The second-order valence-electron chi connectivity index (χ2n) is 13.2. The molecular weight excluding hydrogens is 617 g/mol. The molecule has 1 nitrogen and oxygen atoms in total. The van der Waals surface area contributed by atoms with Crippen molar-refractivity contribution in [2.75, 3.05) is 0 Å². The van der Waals surface area contributed by atoms with E-state index in [-0.39, 0.29) is 0 Å². The van der Waals surface area contributed by atoms with Gasteiger partial charge in [0.1, 0.15) is 11.2 Å². The van der Waals surface area contributed by atoms with Crippen molar-refractivity contribution in [3.63, 3.8) is 0 Å². The molecule has 51 heavy (non-hydrogen) atoms. The molecule has 0 fully saturated rings. The lowest BCUT2D eigenvalue weighted by Crippen LogP contribution is -1.91. The van der Waals surface area contributed by atoms with Gasteiger partial charge >= 0.3 is 0 Å². The Balaban J connectivity index is 1.30. The van der Waals surface area contributed by atoms with Gasteiger partial charge in [-0.05, 0) is 108 Å². The second kappa shape index (κ2) is 12.0. The van der Waals surface area contributed by atoms with Crippen molar-refractivity contribution in [2.45, 2.75) is 0 Å². The first-order valence-electron chi connectivity index (χ1n) is 17.5. The maximum Gasteiger partial charge on any atom is 0.136 e. The molecule has 9 aromatic carbocycles. The predicted molar refractivity (Wildman–Crippen MR) is 216 cm³/mol. The number of benzene rings is 9. The molecule has 0 saturated heterocycles. The third kappa shape index (κ3) is 4.86. The summed E-state index contributed by atoms with van der Waals surface area (Å²) in [5, 5.41) is 7.21. The van der Waals surface area contributed by atoms with E-state index in [0.29, 0.717) is 0 Å². The molecule has 0 N–H and O–H groups in total. The Labute approximate surface area is 296 Å². The average molecular weight is 649 g/mol. The number of fused-ring (bicyclic) bond motifs is 5. The summed E-state index contributed by atoms with van der Waals surface area (Å²) < 4.78 is 6.72. The van der Waals surface area contributed by atoms with Crippen molar-refractivity contribution in [3.8, 4) is 55.6 Å². The zero-order valence-corrected chi connectivity index (χ0v) is 27.9. The van der Waals surface area contributed by atoms with Crippen molar-refractivity contribution in [1.82, 2.24) is 0 Å². The quantitative estimate of drug-likeness (QED) is 0.169. The van der Waals surface area contributed by atoms with E-state index in [9.17, 15) is 0 Å². The molecule has 0 aliphatic carbocycles. The third-order valence-corrected chi connectivity index (χ3v) is 10.2. The van der Waals surface area contributed by atoms with Crippen LogP contribution in [-0.4, -0.2) is 0 Å². The lowest BCUT2D eigenvalue weighted by molar-refractivity contribution is 0.669. The van der Waals surface area contributed by atoms with E-state index < -0.39 is 0 Å². The molecule has 10 aromatic rings. The molecular formula is C50H32O. The molecule has 238 valence electrons. The normalized spacial score (nSPS) is 11.5. The fourth-order valence-electron chi connectivity index (χ4n) is 8.03. The Morgan fingerprint density at radius 3 is 1.16 bits per heavy atom. The van der Waals surface area contributed by atoms with Gasteiger partial charge in [0.2, 0.25) is 0 Å². The highest BCUT2D eigenvalue weighted by molar-refractivity contribution is 6.27. The van der Waals surface area contributed by atoms with Crippen LogP contribution in [0, 0.1) is 0 Å². The molecule has 0 spiro atoms. The van der Waals surface area contributed by atoms with Crippen molar-refractivity contribution in [1.29, 1.82) is 0 Å². The molecule has 1 aromatic heterocycles. The molecule has 0 bridgehead atoms. The highest BCUT2D eigenvalue weighted by Gasteiger charge is 2.22. The maximum absolute atomic E-state index is 6.72. The Kier molecular flexibility index (Phi) is 6.89. The van der Waals surface area contributed by atoms with Gasteiger partial charge in [0.05, 0.1) is 0 Å². The molecule has 0 amide bonds. The number of rotatable bonds is 5. The maximum atomic E-state index is 6.72. The topological polar surface area (TPSA) is 13.1 Å². The molecule has 0 saturated carbocycles. The van der Waals surface area contributed by atoms with Crippen LogP contribution in [0.25, 0.3) is 99.1 Å². The summed E-state index contributed by atoms with van der Waals surface area (Å²) in [6.07, 6.45) is 0. The van der Waals surface area contributed by atoms with Gasteiger partial charge in [-0.1, -0.05) is 164 Å². The zero-order valence-electron chi connectivity index (χ0n) is 27.9. The summed E-state index contributed by atoms with van der Waals surface area (Å²) in [7, 11) is 0. The van der Waals surface area contributed by atoms with E-state index in [1.54, 1.807) is 0 Å². The first-order valence-corrected chi connectivity index (χ1v) is 17.5. The van der Waals surface area contributed by atoms with Crippen LogP contribution in [0.4, 0.5) is 0 Å². The smallest absolute Gasteiger partial charge is 0.136 e. The molecule has 0 atom stereocenters. The monoisotopic (exact) mass is 648 g/mol. The second-order valence-corrected chi connectivity index (χ2v) is 13.2. The zero-order chi connectivity index (χ0) is 33.7. The number of hydrogen-bond acceptors (Lipinski definition) is 1. The molecule has 0 aliphatic heterocycles. The minimum absolute atomic E-state index is 0.885. The highest BCUT2D eigenvalue weighted by atomic mass is 16.3. The standard InChI is InChI=1S/C50H32O/c1-4-16-33(17-5-1)36-30-37(34-18-6-2-7-19-34)32-38(31-36)39-26-14-28-45-49(39)50-44(27-15-29-46(50)51-45)48-42-24-12-10-22-40(42)47(35-20-8-3-9-21-35)41-23-11-13-25-43(41)48/h1-32H. The predicted octanol–water partition coefficient (Wildman–Crippen LogP) is 14.2. The van der Waals surface area contributed by atoms with Gasteiger partial charge in [0.15, 0.2) is 0 Å². The van der Waals surface area contributed by atoms with Crippen molar-refractivity contribution < 1.29 is 4.42 Å². The Bertz CT molecular complexity index is 2770. The Morgan fingerprint density at radius 2 is 0.647 bits per heavy atom. The number of furan rings is 1. The minimum Gasteiger partial charge on any atom is -0.456 e. The van der Waals surface area contributed by atoms with Gasteiger partial charge < -0.3 is 4.42 Å². The summed E-state index contributed by atoms with van der Waals surface area (Å²) in [5.74, 6) is 0. The van der Waals surface area contributed by atoms with Crippen molar-refractivity contribution in [3.05, 3.63) is 194 Å². The largest absolute Gasteiger partial charge is 0.456 e. The van der Waals surface area contributed by atoms with E-state index >= 15 is 0 Å². The van der Waals surface area contributed by atoms with Gasteiger partial charge in [0.25, 0.3) is 0 Å². The highest BCUT2D eigenvalue weighted by Crippen LogP contribution is 2.48. The van der Waals surface area contributed by atoms with E-state index in [1.807, 2.05) is 0 Å². The molecule has 0 unspecified atom stereocenters. The van der Waals surface area contributed by atoms with Crippen LogP contribution >= 0.6 is 0 Å². The van der Waals surface area contributed by atoms with E-state index in [2.05, 4.69) is 194 Å².